The van der Waals surface area contributed by atoms with Gasteiger partial charge in [-0.25, -0.2) is 0 Å². The van der Waals surface area contributed by atoms with Gasteiger partial charge >= 0.3 is 0 Å². The zero-order valence-electron chi connectivity index (χ0n) is 11.1. The van der Waals surface area contributed by atoms with Crippen LogP contribution in [0.1, 0.15) is 52.9 Å². The molecule has 0 spiro atoms. The summed E-state index contributed by atoms with van der Waals surface area (Å²) in [7, 11) is 1.80. The first kappa shape index (κ1) is 11.8. The second-order valence-corrected chi connectivity index (χ2v) is 6.43. The minimum Gasteiger partial charge on any atom is -0.497 e. The van der Waals surface area contributed by atoms with Crippen LogP contribution in [-0.4, -0.2) is 7.11 Å². The molecule has 0 bridgehead atoms. The van der Waals surface area contributed by atoms with E-state index in [1.807, 2.05) is 0 Å². The molecule has 0 fully saturated rings. The number of allylic oxidation sites excluding steroid dienone is 3. The molecule has 90 valence electrons. The molecule has 1 atom stereocenters. The monoisotopic (exact) mass is 220 g/mol. The van der Waals surface area contributed by atoms with Gasteiger partial charge in [0, 0.05) is 0 Å². The number of ether oxygens (including phenoxy) is 1. The van der Waals surface area contributed by atoms with E-state index < -0.39 is 0 Å². The molecule has 0 saturated heterocycles. The minimum absolute atomic E-state index is 0.455. The second-order valence-electron chi connectivity index (χ2n) is 6.43. The van der Waals surface area contributed by atoms with Gasteiger partial charge in [0.05, 0.1) is 7.11 Å². The Morgan fingerprint density at radius 1 is 1.31 bits per heavy atom. The summed E-state index contributed by atoms with van der Waals surface area (Å²) in [4.78, 5) is 0. The van der Waals surface area contributed by atoms with Gasteiger partial charge in [0.1, 0.15) is 5.76 Å². The third kappa shape index (κ3) is 2.50. The highest BCUT2D eigenvalue weighted by Gasteiger charge is 2.30. The van der Waals surface area contributed by atoms with Gasteiger partial charge in [0.2, 0.25) is 0 Å². The van der Waals surface area contributed by atoms with E-state index in [-0.39, 0.29) is 0 Å². The zero-order valence-corrected chi connectivity index (χ0v) is 11.1. The molecule has 0 saturated carbocycles. The molecule has 2 aliphatic carbocycles. The van der Waals surface area contributed by atoms with Crippen molar-refractivity contribution >= 4 is 0 Å². The summed E-state index contributed by atoms with van der Waals surface area (Å²) in [5.41, 5.74) is 3.66. The summed E-state index contributed by atoms with van der Waals surface area (Å²) in [6, 6.07) is 0. The fraction of sp³-hybridized carbons (Fsp3) is 0.733. The Morgan fingerprint density at radius 2 is 2.06 bits per heavy atom. The maximum absolute atomic E-state index is 5.49. The van der Waals surface area contributed by atoms with Crippen molar-refractivity contribution in [2.24, 2.45) is 11.3 Å². The predicted octanol–water partition coefficient (Wildman–Crippen LogP) is 4.45. The molecule has 0 radical (unpaired) electrons. The van der Waals surface area contributed by atoms with Gasteiger partial charge in [-0.1, -0.05) is 26.3 Å². The fourth-order valence-electron chi connectivity index (χ4n) is 3.22. The first-order valence-electron chi connectivity index (χ1n) is 6.45. The normalized spacial score (nSPS) is 25.5. The van der Waals surface area contributed by atoms with E-state index in [1.54, 1.807) is 12.7 Å². The number of hydrogen-bond donors (Lipinski definition) is 0. The van der Waals surface area contributed by atoms with Gasteiger partial charge < -0.3 is 4.74 Å². The van der Waals surface area contributed by atoms with Crippen LogP contribution >= 0.6 is 0 Å². The van der Waals surface area contributed by atoms with Gasteiger partial charge in [0.25, 0.3) is 0 Å². The van der Waals surface area contributed by atoms with Gasteiger partial charge in [-0.15, -0.1) is 0 Å². The third-order valence-corrected chi connectivity index (χ3v) is 3.65. The number of rotatable bonds is 2. The Kier molecular flexibility index (Phi) is 3.14. The standard InChI is InChI=1S/C15H24O/c1-15(2,3)10-11-8-12-6-5-7-14(16-4)13(12)9-11/h7,11H,5-6,8-10H2,1-4H3. The van der Waals surface area contributed by atoms with Crippen molar-refractivity contribution in [2.45, 2.75) is 52.9 Å². The lowest BCUT2D eigenvalue weighted by molar-refractivity contribution is 0.282. The second kappa shape index (κ2) is 4.27. The summed E-state index contributed by atoms with van der Waals surface area (Å²) >= 11 is 0. The maximum Gasteiger partial charge on any atom is 0.118 e. The summed E-state index contributed by atoms with van der Waals surface area (Å²) < 4.78 is 5.49. The van der Waals surface area contributed by atoms with E-state index in [0.717, 1.165) is 11.7 Å². The highest BCUT2D eigenvalue weighted by Crippen LogP contribution is 2.44. The molecule has 0 aromatic rings. The Balaban J connectivity index is 2.03. The molecular formula is C15H24O. The molecule has 1 heteroatoms. The molecule has 0 heterocycles. The Hall–Kier alpha value is -0.720. The first-order chi connectivity index (χ1) is 7.49. The zero-order chi connectivity index (χ0) is 11.8. The Labute approximate surface area is 99.6 Å². The van der Waals surface area contributed by atoms with E-state index in [9.17, 15) is 0 Å². The highest BCUT2D eigenvalue weighted by atomic mass is 16.5. The summed E-state index contributed by atoms with van der Waals surface area (Å²) in [5, 5.41) is 0. The van der Waals surface area contributed by atoms with Gasteiger partial charge in [0.15, 0.2) is 0 Å². The van der Waals surface area contributed by atoms with Crippen LogP contribution in [0, 0.1) is 11.3 Å². The topological polar surface area (TPSA) is 9.23 Å². The van der Waals surface area contributed by atoms with Crippen LogP contribution in [0.3, 0.4) is 0 Å². The van der Waals surface area contributed by atoms with Crippen LogP contribution in [0.15, 0.2) is 23.0 Å². The molecule has 0 aliphatic heterocycles. The van der Waals surface area contributed by atoms with Crippen LogP contribution in [0.2, 0.25) is 0 Å². The molecule has 0 amide bonds. The molecule has 2 aliphatic rings. The largest absolute Gasteiger partial charge is 0.497 e. The summed E-state index contributed by atoms with van der Waals surface area (Å²) in [5.74, 6) is 2.01. The molecule has 0 aromatic carbocycles. The van der Waals surface area contributed by atoms with Crippen molar-refractivity contribution < 1.29 is 4.74 Å². The first-order valence-corrected chi connectivity index (χ1v) is 6.45. The maximum atomic E-state index is 5.49. The van der Waals surface area contributed by atoms with E-state index in [4.69, 9.17) is 4.74 Å². The van der Waals surface area contributed by atoms with E-state index in [2.05, 4.69) is 26.8 Å². The Morgan fingerprint density at radius 3 is 2.69 bits per heavy atom. The van der Waals surface area contributed by atoms with Crippen molar-refractivity contribution in [2.75, 3.05) is 7.11 Å². The number of methoxy groups -OCH3 is 1. The predicted molar refractivity (Wildman–Crippen MR) is 68.1 cm³/mol. The van der Waals surface area contributed by atoms with E-state index in [1.165, 1.54) is 37.7 Å². The van der Waals surface area contributed by atoms with Crippen molar-refractivity contribution in [3.05, 3.63) is 23.0 Å². The van der Waals surface area contributed by atoms with Crippen LogP contribution in [-0.2, 0) is 4.74 Å². The van der Waals surface area contributed by atoms with E-state index >= 15 is 0 Å². The smallest absolute Gasteiger partial charge is 0.118 e. The van der Waals surface area contributed by atoms with Crippen LogP contribution in [0.5, 0.6) is 0 Å². The Bertz CT molecular complexity index is 328. The lowest BCUT2D eigenvalue weighted by atomic mass is 9.83. The van der Waals surface area contributed by atoms with Gasteiger partial charge in [-0.3, -0.25) is 0 Å². The lowest BCUT2D eigenvalue weighted by Gasteiger charge is -2.23. The molecule has 0 aromatic heterocycles. The average Bonchev–Trinajstić information content (AvgIpc) is 2.56. The SMILES string of the molecule is COC1=CCCC2=C1CC(CC(C)(C)C)C2. The van der Waals surface area contributed by atoms with Crippen LogP contribution in [0.25, 0.3) is 0 Å². The average molecular weight is 220 g/mol. The summed E-state index contributed by atoms with van der Waals surface area (Å²) in [6.07, 6.45) is 8.59. The highest BCUT2D eigenvalue weighted by molar-refractivity contribution is 5.38. The minimum atomic E-state index is 0.455. The molecule has 1 unspecified atom stereocenters. The molecular weight excluding hydrogens is 196 g/mol. The third-order valence-electron chi connectivity index (χ3n) is 3.65. The van der Waals surface area contributed by atoms with Gasteiger partial charge in [-0.05, 0) is 55.1 Å². The quantitative estimate of drug-likeness (QED) is 0.668. The van der Waals surface area contributed by atoms with E-state index in [0.29, 0.717) is 5.41 Å². The molecule has 1 nitrogen and oxygen atoms in total. The van der Waals surface area contributed by atoms with Crippen molar-refractivity contribution in [3.63, 3.8) is 0 Å². The van der Waals surface area contributed by atoms with Crippen LogP contribution < -0.4 is 0 Å². The number of hydrogen-bond acceptors (Lipinski definition) is 1. The van der Waals surface area contributed by atoms with Crippen molar-refractivity contribution in [1.82, 2.24) is 0 Å². The van der Waals surface area contributed by atoms with Crippen molar-refractivity contribution in [3.8, 4) is 0 Å². The van der Waals surface area contributed by atoms with Gasteiger partial charge in [-0.2, -0.15) is 0 Å². The van der Waals surface area contributed by atoms with Crippen LogP contribution in [0.4, 0.5) is 0 Å². The van der Waals surface area contributed by atoms with Crippen molar-refractivity contribution in [1.29, 1.82) is 0 Å². The lowest BCUT2D eigenvalue weighted by Crippen LogP contribution is -2.11. The fourth-order valence-corrected chi connectivity index (χ4v) is 3.22. The molecule has 2 rings (SSSR count). The molecule has 16 heavy (non-hydrogen) atoms. The summed E-state index contributed by atoms with van der Waals surface area (Å²) in [6.45, 7) is 7.03. The molecule has 0 N–H and O–H groups in total.